The number of ether oxygens (including phenoxy) is 2. The summed E-state index contributed by atoms with van der Waals surface area (Å²) in [7, 11) is 0. The molecule has 0 saturated heterocycles. The Labute approximate surface area is 226 Å². The van der Waals surface area contributed by atoms with Gasteiger partial charge < -0.3 is 30.1 Å². The second-order valence-corrected chi connectivity index (χ2v) is 11.0. The van der Waals surface area contributed by atoms with E-state index in [4.69, 9.17) is 21.7 Å². The average Bonchev–Trinajstić information content (AvgIpc) is 2.86. The van der Waals surface area contributed by atoms with Crippen LogP contribution in [0.25, 0.3) is 0 Å². The smallest absolute Gasteiger partial charge is 0.410 e. The SMILES string of the molecule is CC(C)(C)OC(=O)N(CCc1ccc(NC(=S)NC2CCCCC2)cc1)C[C@H](O)COc1ccccc1. The monoisotopic (exact) mass is 527 g/mol. The van der Waals surface area contributed by atoms with E-state index in [1.54, 1.807) is 4.90 Å². The lowest BCUT2D eigenvalue weighted by Crippen LogP contribution is -2.43. The zero-order valence-corrected chi connectivity index (χ0v) is 23.1. The highest BCUT2D eigenvalue weighted by molar-refractivity contribution is 7.80. The number of aliphatic hydroxyl groups excluding tert-OH is 1. The second kappa shape index (κ2) is 14.2. The van der Waals surface area contributed by atoms with Gasteiger partial charge >= 0.3 is 6.09 Å². The second-order valence-electron chi connectivity index (χ2n) is 10.6. The molecular weight excluding hydrogens is 486 g/mol. The molecule has 1 saturated carbocycles. The molecule has 0 bridgehead atoms. The minimum atomic E-state index is -0.850. The van der Waals surface area contributed by atoms with Gasteiger partial charge in [0.2, 0.25) is 0 Å². The molecule has 37 heavy (non-hydrogen) atoms. The predicted octanol–water partition coefficient (Wildman–Crippen LogP) is 5.53. The Hall–Kier alpha value is -2.84. The van der Waals surface area contributed by atoms with E-state index in [1.807, 2.05) is 75.4 Å². The van der Waals surface area contributed by atoms with E-state index < -0.39 is 17.8 Å². The summed E-state index contributed by atoms with van der Waals surface area (Å²) in [5.74, 6) is 0.674. The maximum Gasteiger partial charge on any atom is 0.410 e. The first-order chi connectivity index (χ1) is 17.7. The third-order valence-corrected chi connectivity index (χ3v) is 6.31. The molecule has 1 fully saturated rings. The lowest BCUT2D eigenvalue weighted by Gasteiger charge is -2.29. The Morgan fingerprint density at radius 3 is 2.41 bits per heavy atom. The summed E-state index contributed by atoms with van der Waals surface area (Å²) >= 11 is 5.49. The molecule has 7 nitrogen and oxygen atoms in total. The molecule has 0 aliphatic heterocycles. The van der Waals surface area contributed by atoms with Gasteiger partial charge in [-0.2, -0.15) is 0 Å². The van der Waals surface area contributed by atoms with Crippen molar-refractivity contribution in [1.29, 1.82) is 0 Å². The highest BCUT2D eigenvalue weighted by Crippen LogP contribution is 2.18. The number of amides is 1. The van der Waals surface area contributed by atoms with Crippen molar-refractivity contribution in [2.24, 2.45) is 0 Å². The van der Waals surface area contributed by atoms with Crippen LogP contribution in [0.1, 0.15) is 58.4 Å². The number of carbonyl (C=O) groups is 1. The Bertz CT molecular complexity index is 973. The number of benzene rings is 2. The molecule has 2 aromatic carbocycles. The Kier molecular flexibility index (Phi) is 11.0. The van der Waals surface area contributed by atoms with Crippen LogP contribution in [0.3, 0.4) is 0 Å². The van der Waals surface area contributed by atoms with Crippen LogP contribution < -0.4 is 15.4 Å². The van der Waals surface area contributed by atoms with Crippen LogP contribution in [0.5, 0.6) is 5.75 Å². The number of hydrogen-bond donors (Lipinski definition) is 3. The van der Waals surface area contributed by atoms with Gasteiger partial charge in [0.05, 0.1) is 6.54 Å². The van der Waals surface area contributed by atoms with E-state index in [1.165, 1.54) is 32.1 Å². The number of anilines is 1. The summed E-state index contributed by atoms with van der Waals surface area (Å²) < 4.78 is 11.2. The van der Waals surface area contributed by atoms with Crippen molar-refractivity contribution < 1.29 is 19.4 Å². The molecule has 0 unspecified atom stereocenters. The predicted molar refractivity (Wildman–Crippen MR) is 152 cm³/mol. The van der Waals surface area contributed by atoms with Gasteiger partial charge in [0.25, 0.3) is 0 Å². The molecule has 1 atom stereocenters. The summed E-state index contributed by atoms with van der Waals surface area (Å²) in [5, 5.41) is 17.9. The van der Waals surface area contributed by atoms with Crippen LogP contribution >= 0.6 is 12.2 Å². The number of nitrogens with one attached hydrogen (secondary N) is 2. The number of aliphatic hydroxyl groups is 1. The van der Waals surface area contributed by atoms with Crippen LogP contribution in [-0.4, -0.2) is 58.7 Å². The fourth-order valence-corrected chi connectivity index (χ4v) is 4.50. The molecule has 3 N–H and O–H groups in total. The van der Waals surface area contributed by atoms with Gasteiger partial charge in [-0.1, -0.05) is 49.6 Å². The number of nitrogens with zero attached hydrogens (tertiary/aromatic N) is 1. The lowest BCUT2D eigenvalue weighted by molar-refractivity contribution is 0.00945. The number of rotatable bonds is 10. The molecule has 1 amide bonds. The number of carbonyl (C=O) groups excluding carboxylic acids is 1. The molecule has 0 radical (unpaired) electrons. The van der Waals surface area contributed by atoms with E-state index >= 15 is 0 Å². The first-order valence-corrected chi connectivity index (χ1v) is 13.6. The summed E-state index contributed by atoms with van der Waals surface area (Å²) in [5.41, 5.74) is 1.37. The van der Waals surface area contributed by atoms with Gasteiger partial charge in [0, 0.05) is 18.3 Å². The quantitative estimate of drug-likeness (QED) is 0.351. The zero-order valence-electron chi connectivity index (χ0n) is 22.2. The first-order valence-electron chi connectivity index (χ1n) is 13.2. The highest BCUT2D eigenvalue weighted by Gasteiger charge is 2.24. The molecule has 3 rings (SSSR count). The standard InChI is InChI=1S/C29H41N3O4S/c1-29(2,3)36-28(34)32(20-25(33)21-35-26-12-8-5-9-13-26)19-18-22-14-16-24(17-15-22)31-27(37)30-23-10-6-4-7-11-23/h5,8-9,12-17,23,25,33H,4,6-7,10-11,18-21H2,1-3H3,(H2,30,31,37)/t25-/m0/s1. The van der Waals surface area contributed by atoms with Crippen LogP contribution in [0, 0.1) is 0 Å². The zero-order chi connectivity index (χ0) is 26.7. The third-order valence-electron chi connectivity index (χ3n) is 6.09. The van der Waals surface area contributed by atoms with Crippen molar-refractivity contribution in [1.82, 2.24) is 10.2 Å². The maximum absolute atomic E-state index is 12.8. The van der Waals surface area contributed by atoms with E-state index in [-0.39, 0.29) is 13.2 Å². The normalized spacial score (nSPS) is 14.9. The minimum Gasteiger partial charge on any atom is -0.491 e. The van der Waals surface area contributed by atoms with Crippen molar-refractivity contribution in [2.75, 3.05) is 25.0 Å². The van der Waals surface area contributed by atoms with Crippen LogP contribution in [-0.2, 0) is 11.2 Å². The summed E-state index contributed by atoms with van der Waals surface area (Å²) in [6.07, 6.45) is 5.48. The number of thiocarbonyl (C=S) groups is 1. The lowest BCUT2D eigenvalue weighted by atomic mass is 9.96. The molecule has 202 valence electrons. The van der Waals surface area contributed by atoms with Gasteiger partial charge in [-0.15, -0.1) is 0 Å². The topological polar surface area (TPSA) is 83.1 Å². The largest absolute Gasteiger partial charge is 0.491 e. The van der Waals surface area contributed by atoms with Crippen LogP contribution in [0.15, 0.2) is 54.6 Å². The maximum atomic E-state index is 12.8. The molecule has 2 aromatic rings. The van der Waals surface area contributed by atoms with Crippen molar-refractivity contribution in [3.05, 3.63) is 60.2 Å². The van der Waals surface area contributed by atoms with Crippen molar-refractivity contribution in [2.45, 2.75) is 77.0 Å². The number of hydrogen-bond acceptors (Lipinski definition) is 5. The third kappa shape index (κ3) is 11.0. The van der Waals surface area contributed by atoms with Gasteiger partial charge in [-0.3, -0.25) is 0 Å². The highest BCUT2D eigenvalue weighted by atomic mass is 32.1. The summed E-state index contributed by atoms with van der Waals surface area (Å²) in [6, 6.07) is 17.8. The van der Waals surface area contributed by atoms with E-state index in [0.717, 1.165) is 11.3 Å². The van der Waals surface area contributed by atoms with Crippen molar-refractivity contribution >= 4 is 29.1 Å². The molecule has 1 aliphatic carbocycles. The van der Waals surface area contributed by atoms with E-state index in [2.05, 4.69) is 10.6 Å². The number of para-hydroxylation sites is 1. The van der Waals surface area contributed by atoms with E-state index in [0.29, 0.717) is 29.9 Å². The summed E-state index contributed by atoms with van der Waals surface area (Å²) in [6.45, 7) is 6.10. The Morgan fingerprint density at radius 1 is 1.08 bits per heavy atom. The molecular formula is C29H41N3O4S. The fourth-order valence-electron chi connectivity index (χ4n) is 4.22. The molecule has 8 heteroatoms. The Balaban J connectivity index is 1.51. The van der Waals surface area contributed by atoms with Gasteiger partial charge in [-0.25, -0.2) is 4.79 Å². The van der Waals surface area contributed by atoms with Gasteiger partial charge in [-0.05, 0) is 82.1 Å². The average molecular weight is 528 g/mol. The molecule has 1 aliphatic rings. The van der Waals surface area contributed by atoms with Crippen molar-refractivity contribution in [3.8, 4) is 5.75 Å². The molecule has 0 aromatic heterocycles. The minimum absolute atomic E-state index is 0.0818. The molecule has 0 spiro atoms. The van der Waals surface area contributed by atoms with Gasteiger partial charge in [0.1, 0.15) is 24.1 Å². The van der Waals surface area contributed by atoms with Crippen LogP contribution in [0.2, 0.25) is 0 Å². The van der Waals surface area contributed by atoms with Crippen molar-refractivity contribution in [3.63, 3.8) is 0 Å². The molecule has 0 heterocycles. The van der Waals surface area contributed by atoms with Gasteiger partial charge in [0.15, 0.2) is 5.11 Å². The summed E-state index contributed by atoms with van der Waals surface area (Å²) in [4.78, 5) is 14.4. The Morgan fingerprint density at radius 2 is 1.76 bits per heavy atom. The first kappa shape index (κ1) is 28.7. The van der Waals surface area contributed by atoms with Crippen LogP contribution in [0.4, 0.5) is 10.5 Å². The fraction of sp³-hybridized carbons (Fsp3) is 0.517. The van der Waals surface area contributed by atoms with E-state index in [9.17, 15) is 9.90 Å².